The Morgan fingerprint density at radius 2 is 2.12 bits per heavy atom. The van der Waals surface area contributed by atoms with Gasteiger partial charge in [0.05, 0.1) is 12.8 Å². The summed E-state index contributed by atoms with van der Waals surface area (Å²) in [5.41, 5.74) is 1.26. The van der Waals surface area contributed by atoms with E-state index in [1.54, 1.807) is 18.4 Å². The maximum atomic E-state index is 12.1. The SMILES string of the molecule is O=c1cccc2n1C[C@H]1C[C@@H]2CN(Cc2nc(-c3ccco3)no2)C1. The van der Waals surface area contributed by atoms with Crippen LogP contribution in [-0.2, 0) is 13.1 Å². The average molecular weight is 338 g/mol. The van der Waals surface area contributed by atoms with Gasteiger partial charge >= 0.3 is 0 Å². The second kappa shape index (κ2) is 5.70. The van der Waals surface area contributed by atoms with Crippen molar-refractivity contribution in [3.05, 3.63) is 58.5 Å². The molecule has 7 nitrogen and oxygen atoms in total. The zero-order valence-electron chi connectivity index (χ0n) is 13.7. The Labute approximate surface area is 143 Å². The number of aromatic nitrogens is 3. The Morgan fingerprint density at radius 3 is 3.00 bits per heavy atom. The van der Waals surface area contributed by atoms with E-state index in [1.165, 1.54) is 0 Å². The zero-order chi connectivity index (χ0) is 16.8. The molecule has 0 N–H and O–H groups in total. The molecule has 1 saturated heterocycles. The summed E-state index contributed by atoms with van der Waals surface area (Å²) in [6, 6.07) is 9.21. The number of hydrogen-bond acceptors (Lipinski definition) is 6. The van der Waals surface area contributed by atoms with Crippen molar-refractivity contribution in [1.82, 2.24) is 19.6 Å². The number of hydrogen-bond donors (Lipinski definition) is 0. The van der Waals surface area contributed by atoms with Crippen LogP contribution in [0.5, 0.6) is 0 Å². The first-order chi connectivity index (χ1) is 12.3. The fourth-order valence-electron chi connectivity index (χ4n) is 4.14. The lowest BCUT2D eigenvalue weighted by Gasteiger charge is -2.42. The second-order valence-corrected chi connectivity index (χ2v) is 6.88. The van der Waals surface area contributed by atoms with Crippen LogP contribution in [0.2, 0.25) is 0 Å². The molecule has 128 valence electrons. The highest BCUT2D eigenvalue weighted by Gasteiger charge is 2.34. The van der Waals surface area contributed by atoms with Crippen molar-refractivity contribution in [2.45, 2.75) is 25.4 Å². The van der Waals surface area contributed by atoms with Crippen LogP contribution < -0.4 is 5.56 Å². The van der Waals surface area contributed by atoms with E-state index in [4.69, 9.17) is 8.94 Å². The third kappa shape index (κ3) is 2.60. The third-order valence-electron chi connectivity index (χ3n) is 5.12. The Kier molecular flexibility index (Phi) is 3.34. The molecule has 3 aromatic rings. The Morgan fingerprint density at radius 1 is 1.16 bits per heavy atom. The van der Waals surface area contributed by atoms with Crippen molar-refractivity contribution in [2.24, 2.45) is 5.92 Å². The van der Waals surface area contributed by atoms with Crippen molar-refractivity contribution < 1.29 is 8.94 Å². The van der Waals surface area contributed by atoms with Crippen LogP contribution in [0.1, 0.15) is 23.9 Å². The van der Waals surface area contributed by atoms with E-state index >= 15 is 0 Å². The minimum atomic E-state index is 0.112. The van der Waals surface area contributed by atoms with E-state index in [9.17, 15) is 4.79 Å². The van der Waals surface area contributed by atoms with Crippen molar-refractivity contribution in [3.8, 4) is 11.6 Å². The van der Waals surface area contributed by atoms with Crippen molar-refractivity contribution in [1.29, 1.82) is 0 Å². The smallest absolute Gasteiger partial charge is 0.250 e. The predicted octanol–water partition coefficient (Wildman–Crippen LogP) is 2.11. The van der Waals surface area contributed by atoms with E-state index < -0.39 is 0 Å². The molecule has 7 heteroatoms. The van der Waals surface area contributed by atoms with E-state index in [2.05, 4.69) is 21.1 Å². The lowest BCUT2D eigenvalue weighted by molar-refractivity contribution is 0.104. The lowest BCUT2D eigenvalue weighted by atomic mass is 9.83. The predicted molar refractivity (Wildman–Crippen MR) is 88.8 cm³/mol. The molecule has 2 atom stereocenters. The molecule has 0 saturated carbocycles. The van der Waals surface area contributed by atoms with Gasteiger partial charge in [-0.15, -0.1) is 0 Å². The first kappa shape index (κ1) is 14.7. The van der Waals surface area contributed by atoms with Gasteiger partial charge in [0.2, 0.25) is 11.7 Å². The minimum absolute atomic E-state index is 0.112. The fraction of sp³-hybridized carbons (Fsp3) is 0.389. The molecular formula is C18H18N4O3. The van der Waals surface area contributed by atoms with Crippen LogP contribution in [0.15, 0.2) is 50.3 Å². The third-order valence-corrected chi connectivity index (χ3v) is 5.12. The highest BCUT2D eigenvalue weighted by atomic mass is 16.5. The van der Waals surface area contributed by atoms with Gasteiger partial charge in [0, 0.05) is 37.3 Å². The highest BCUT2D eigenvalue weighted by molar-refractivity contribution is 5.44. The largest absolute Gasteiger partial charge is 0.461 e. The van der Waals surface area contributed by atoms with Crippen LogP contribution in [0.4, 0.5) is 0 Å². The zero-order valence-corrected chi connectivity index (χ0v) is 13.7. The van der Waals surface area contributed by atoms with Crippen molar-refractivity contribution in [3.63, 3.8) is 0 Å². The van der Waals surface area contributed by atoms with Gasteiger partial charge < -0.3 is 13.5 Å². The van der Waals surface area contributed by atoms with E-state index in [0.29, 0.717) is 35.9 Å². The number of rotatable bonds is 3. The van der Waals surface area contributed by atoms with Crippen LogP contribution in [0.25, 0.3) is 11.6 Å². The Balaban J connectivity index is 1.35. The Hall–Kier alpha value is -2.67. The molecule has 1 fully saturated rings. The average Bonchev–Trinajstić information content (AvgIpc) is 3.27. The number of piperidine rings is 1. The molecule has 0 aromatic carbocycles. The van der Waals surface area contributed by atoms with Crippen LogP contribution in [-0.4, -0.2) is 32.7 Å². The van der Waals surface area contributed by atoms with Crippen molar-refractivity contribution in [2.75, 3.05) is 13.1 Å². The molecule has 2 aliphatic rings. The molecule has 0 radical (unpaired) electrons. The maximum Gasteiger partial charge on any atom is 0.250 e. The molecule has 25 heavy (non-hydrogen) atoms. The molecule has 0 amide bonds. The molecule has 5 rings (SSSR count). The first-order valence-electron chi connectivity index (χ1n) is 8.55. The lowest BCUT2D eigenvalue weighted by Crippen LogP contribution is -2.46. The summed E-state index contributed by atoms with van der Waals surface area (Å²) in [4.78, 5) is 18.9. The van der Waals surface area contributed by atoms with E-state index in [-0.39, 0.29) is 5.56 Å². The van der Waals surface area contributed by atoms with Crippen LogP contribution in [0.3, 0.4) is 0 Å². The summed E-state index contributed by atoms with van der Waals surface area (Å²) < 4.78 is 12.6. The fourth-order valence-corrected chi connectivity index (χ4v) is 4.14. The van der Waals surface area contributed by atoms with Gasteiger partial charge in [-0.1, -0.05) is 11.2 Å². The number of likely N-dealkylation sites (tertiary alicyclic amines) is 1. The molecule has 0 aliphatic carbocycles. The monoisotopic (exact) mass is 338 g/mol. The molecule has 2 bridgehead atoms. The summed E-state index contributed by atoms with van der Waals surface area (Å²) in [7, 11) is 0. The van der Waals surface area contributed by atoms with Gasteiger partial charge in [-0.2, -0.15) is 4.98 Å². The molecular weight excluding hydrogens is 320 g/mol. The van der Waals surface area contributed by atoms with Gasteiger partial charge in [0.15, 0.2) is 5.76 Å². The Bertz CT molecular complexity index is 943. The molecule has 3 aromatic heterocycles. The second-order valence-electron chi connectivity index (χ2n) is 6.88. The van der Waals surface area contributed by atoms with Gasteiger partial charge in [-0.3, -0.25) is 9.69 Å². The van der Waals surface area contributed by atoms with Crippen LogP contribution >= 0.6 is 0 Å². The number of fused-ring (bicyclic) bond motifs is 4. The summed E-state index contributed by atoms with van der Waals surface area (Å²) >= 11 is 0. The van der Waals surface area contributed by atoms with Gasteiger partial charge in [-0.05, 0) is 30.5 Å². The molecule has 0 unspecified atom stereocenters. The van der Waals surface area contributed by atoms with Gasteiger partial charge in [0.25, 0.3) is 5.56 Å². The number of nitrogens with zero attached hydrogens (tertiary/aromatic N) is 4. The summed E-state index contributed by atoms with van der Waals surface area (Å²) in [5, 5.41) is 3.99. The van der Waals surface area contributed by atoms with Crippen LogP contribution in [0, 0.1) is 5.92 Å². The van der Waals surface area contributed by atoms with Crippen molar-refractivity contribution >= 4 is 0 Å². The molecule has 5 heterocycles. The number of pyridine rings is 1. The highest BCUT2D eigenvalue weighted by Crippen LogP contribution is 2.35. The minimum Gasteiger partial charge on any atom is -0.461 e. The first-order valence-corrected chi connectivity index (χ1v) is 8.55. The maximum absolute atomic E-state index is 12.1. The normalized spacial score (nSPS) is 22.7. The van der Waals surface area contributed by atoms with Gasteiger partial charge in [-0.25, -0.2) is 0 Å². The summed E-state index contributed by atoms with van der Waals surface area (Å²) in [6.07, 6.45) is 2.73. The summed E-state index contributed by atoms with van der Waals surface area (Å²) in [5.74, 6) is 2.55. The molecule has 2 aliphatic heterocycles. The topological polar surface area (TPSA) is 77.3 Å². The molecule has 0 spiro atoms. The van der Waals surface area contributed by atoms with E-state index in [1.807, 2.05) is 16.7 Å². The van der Waals surface area contributed by atoms with Gasteiger partial charge in [0.1, 0.15) is 0 Å². The quantitative estimate of drug-likeness (QED) is 0.728. The number of furan rings is 1. The summed E-state index contributed by atoms with van der Waals surface area (Å²) in [6.45, 7) is 3.26. The standard InChI is InChI=1S/C18H18N4O3/c23-17-5-1-3-14-13-7-12(9-22(14)17)8-21(10-13)11-16-19-18(20-25-16)15-4-2-6-24-15/h1-6,12-13H,7-11H2/t12-,13+/m0/s1. The van der Waals surface area contributed by atoms with E-state index in [0.717, 1.165) is 31.7 Å².